The number of benzene rings is 2. The molecule has 1 aliphatic rings. The molecule has 24 heavy (non-hydrogen) atoms. The maximum Gasteiger partial charge on any atom is 0.273 e. The van der Waals surface area contributed by atoms with Crippen molar-refractivity contribution >= 4 is 27.5 Å². The van der Waals surface area contributed by atoms with Gasteiger partial charge in [0.05, 0.1) is 17.4 Å². The van der Waals surface area contributed by atoms with E-state index in [-0.39, 0.29) is 24.1 Å². The molecule has 1 atom stereocenters. The standard InChI is InChI=1S/C18H17BrN2O3/c19-15-7-3-6-13(11-15)16-9-4-10-20(16)18(22)12-14-5-1-2-8-17(14)21(23)24/h1-3,5-8,11,16H,4,9-10,12H2/t16-/m1/s1. The molecule has 5 nitrogen and oxygen atoms in total. The second kappa shape index (κ2) is 7.13. The molecule has 1 saturated heterocycles. The van der Waals surface area contributed by atoms with Crippen LogP contribution in [0.2, 0.25) is 0 Å². The van der Waals surface area contributed by atoms with Crippen molar-refractivity contribution in [1.82, 2.24) is 4.90 Å². The first-order chi connectivity index (χ1) is 11.6. The number of nitro benzene ring substituents is 1. The van der Waals surface area contributed by atoms with E-state index in [1.807, 2.05) is 29.2 Å². The van der Waals surface area contributed by atoms with Crippen molar-refractivity contribution in [1.29, 1.82) is 0 Å². The van der Waals surface area contributed by atoms with Crippen LogP contribution in [0.25, 0.3) is 0 Å². The number of carbonyl (C=O) groups excluding carboxylic acids is 1. The van der Waals surface area contributed by atoms with Gasteiger partial charge in [0, 0.05) is 22.6 Å². The molecule has 3 rings (SSSR count). The normalized spacial score (nSPS) is 17.0. The summed E-state index contributed by atoms with van der Waals surface area (Å²) in [6.07, 6.45) is 1.92. The summed E-state index contributed by atoms with van der Waals surface area (Å²) in [7, 11) is 0. The van der Waals surface area contributed by atoms with Crippen LogP contribution >= 0.6 is 15.9 Å². The Labute approximate surface area is 148 Å². The first-order valence-corrected chi connectivity index (χ1v) is 8.63. The number of hydrogen-bond donors (Lipinski definition) is 0. The molecule has 0 N–H and O–H groups in total. The third kappa shape index (κ3) is 3.48. The van der Waals surface area contributed by atoms with Gasteiger partial charge in [-0.05, 0) is 30.5 Å². The number of likely N-dealkylation sites (tertiary alicyclic amines) is 1. The molecule has 1 aliphatic heterocycles. The van der Waals surface area contributed by atoms with Crippen LogP contribution in [0, 0.1) is 10.1 Å². The van der Waals surface area contributed by atoms with Crippen molar-refractivity contribution < 1.29 is 9.72 Å². The summed E-state index contributed by atoms with van der Waals surface area (Å²) in [5.74, 6) is -0.0632. The molecule has 0 aliphatic carbocycles. The Morgan fingerprint density at radius 2 is 2.04 bits per heavy atom. The van der Waals surface area contributed by atoms with Crippen LogP contribution in [0.4, 0.5) is 5.69 Å². The summed E-state index contributed by atoms with van der Waals surface area (Å²) in [5.41, 5.74) is 1.56. The Bertz CT molecular complexity index is 778. The predicted molar refractivity (Wildman–Crippen MR) is 94.6 cm³/mol. The van der Waals surface area contributed by atoms with Gasteiger partial charge in [0.2, 0.25) is 5.91 Å². The molecule has 0 radical (unpaired) electrons. The lowest BCUT2D eigenvalue weighted by atomic mass is 10.0. The smallest absolute Gasteiger partial charge is 0.273 e. The third-order valence-electron chi connectivity index (χ3n) is 4.34. The Hall–Kier alpha value is -2.21. The van der Waals surface area contributed by atoms with E-state index in [2.05, 4.69) is 15.9 Å². The molecule has 0 spiro atoms. The molecular formula is C18H17BrN2O3. The molecule has 2 aromatic rings. The summed E-state index contributed by atoms with van der Waals surface area (Å²) < 4.78 is 0.984. The van der Waals surface area contributed by atoms with Crippen molar-refractivity contribution in [3.63, 3.8) is 0 Å². The summed E-state index contributed by atoms with van der Waals surface area (Å²) in [4.78, 5) is 25.3. The Balaban J connectivity index is 1.81. The van der Waals surface area contributed by atoms with Gasteiger partial charge in [-0.2, -0.15) is 0 Å². The molecule has 1 heterocycles. The second-order valence-electron chi connectivity index (χ2n) is 5.86. The zero-order chi connectivity index (χ0) is 17.1. The highest BCUT2D eigenvalue weighted by Crippen LogP contribution is 2.34. The molecule has 0 saturated carbocycles. The number of nitro groups is 1. The number of carbonyl (C=O) groups is 1. The zero-order valence-corrected chi connectivity index (χ0v) is 14.6. The molecule has 2 aromatic carbocycles. The highest BCUT2D eigenvalue weighted by atomic mass is 79.9. The molecule has 1 fully saturated rings. The molecule has 0 unspecified atom stereocenters. The number of amides is 1. The van der Waals surface area contributed by atoms with E-state index in [1.165, 1.54) is 6.07 Å². The van der Waals surface area contributed by atoms with Crippen molar-refractivity contribution in [2.75, 3.05) is 6.54 Å². The number of hydrogen-bond acceptors (Lipinski definition) is 3. The summed E-state index contributed by atoms with van der Waals surface area (Å²) in [5, 5.41) is 11.1. The number of halogens is 1. The maximum atomic E-state index is 12.7. The highest BCUT2D eigenvalue weighted by Gasteiger charge is 2.30. The SMILES string of the molecule is O=C(Cc1ccccc1[N+](=O)[O-])N1CCC[C@@H]1c1cccc(Br)c1. The van der Waals surface area contributed by atoms with E-state index in [1.54, 1.807) is 18.2 Å². The van der Waals surface area contributed by atoms with Gasteiger partial charge in [-0.25, -0.2) is 0 Å². The van der Waals surface area contributed by atoms with Crippen molar-refractivity contribution in [3.8, 4) is 0 Å². The lowest BCUT2D eigenvalue weighted by molar-refractivity contribution is -0.385. The van der Waals surface area contributed by atoms with Gasteiger partial charge >= 0.3 is 0 Å². The van der Waals surface area contributed by atoms with Gasteiger partial charge in [0.15, 0.2) is 0 Å². The summed E-state index contributed by atoms with van der Waals surface area (Å²) in [6, 6.07) is 14.4. The van der Waals surface area contributed by atoms with E-state index >= 15 is 0 Å². The van der Waals surface area contributed by atoms with Gasteiger partial charge in [-0.15, -0.1) is 0 Å². The largest absolute Gasteiger partial charge is 0.335 e. The molecule has 6 heteroatoms. The Kier molecular flexibility index (Phi) is 4.94. The Morgan fingerprint density at radius 1 is 1.25 bits per heavy atom. The zero-order valence-electron chi connectivity index (χ0n) is 13.0. The lowest BCUT2D eigenvalue weighted by Crippen LogP contribution is -2.32. The van der Waals surface area contributed by atoms with Gasteiger partial charge < -0.3 is 4.90 Å². The fourth-order valence-corrected chi connectivity index (χ4v) is 3.65. The molecule has 124 valence electrons. The minimum absolute atomic E-state index is 0.00375. The van der Waals surface area contributed by atoms with E-state index < -0.39 is 4.92 Å². The monoisotopic (exact) mass is 388 g/mol. The van der Waals surface area contributed by atoms with Crippen LogP contribution in [-0.4, -0.2) is 22.3 Å². The fourth-order valence-electron chi connectivity index (χ4n) is 3.23. The van der Waals surface area contributed by atoms with E-state index in [4.69, 9.17) is 0 Å². The average Bonchev–Trinajstić information content (AvgIpc) is 3.05. The van der Waals surface area contributed by atoms with Crippen LogP contribution in [0.5, 0.6) is 0 Å². The third-order valence-corrected chi connectivity index (χ3v) is 4.83. The van der Waals surface area contributed by atoms with Gasteiger partial charge in [0.25, 0.3) is 5.69 Å². The first-order valence-electron chi connectivity index (χ1n) is 7.83. The van der Waals surface area contributed by atoms with Gasteiger partial charge in [-0.1, -0.05) is 46.3 Å². The second-order valence-corrected chi connectivity index (χ2v) is 6.78. The van der Waals surface area contributed by atoms with Crippen LogP contribution < -0.4 is 0 Å². The van der Waals surface area contributed by atoms with Crippen LogP contribution in [0.15, 0.2) is 53.0 Å². The van der Waals surface area contributed by atoms with Crippen molar-refractivity contribution in [2.24, 2.45) is 0 Å². The summed E-state index contributed by atoms with van der Waals surface area (Å²) >= 11 is 3.47. The van der Waals surface area contributed by atoms with Crippen LogP contribution in [-0.2, 0) is 11.2 Å². The minimum Gasteiger partial charge on any atom is -0.335 e. The van der Waals surface area contributed by atoms with Gasteiger partial charge in [-0.3, -0.25) is 14.9 Å². The fraction of sp³-hybridized carbons (Fsp3) is 0.278. The highest BCUT2D eigenvalue weighted by molar-refractivity contribution is 9.10. The van der Waals surface area contributed by atoms with E-state index in [0.717, 1.165) is 22.9 Å². The molecule has 1 amide bonds. The quantitative estimate of drug-likeness (QED) is 0.580. The van der Waals surface area contributed by atoms with Crippen LogP contribution in [0.1, 0.15) is 30.0 Å². The van der Waals surface area contributed by atoms with E-state index in [0.29, 0.717) is 12.1 Å². The molecular weight excluding hydrogens is 372 g/mol. The minimum atomic E-state index is -0.432. The van der Waals surface area contributed by atoms with E-state index in [9.17, 15) is 14.9 Å². The topological polar surface area (TPSA) is 63.4 Å². The van der Waals surface area contributed by atoms with Gasteiger partial charge in [0.1, 0.15) is 0 Å². The van der Waals surface area contributed by atoms with Crippen molar-refractivity contribution in [3.05, 3.63) is 74.2 Å². The molecule has 0 aromatic heterocycles. The van der Waals surface area contributed by atoms with Crippen LogP contribution in [0.3, 0.4) is 0 Å². The first kappa shape index (κ1) is 16.6. The number of nitrogens with zero attached hydrogens (tertiary/aromatic N) is 2. The molecule has 0 bridgehead atoms. The number of para-hydroxylation sites is 1. The average molecular weight is 389 g/mol. The number of rotatable bonds is 4. The lowest BCUT2D eigenvalue weighted by Gasteiger charge is -2.25. The predicted octanol–water partition coefficient (Wildman–Crippen LogP) is 4.26. The Morgan fingerprint density at radius 3 is 2.79 bits per heavy atom. The maximum absolute atomic E-state index is 12.7. The summed E-state index contributed by atoms with van der Waals surface area (Å²) in [6.45, 7) is 0.691. The van der Waals surface area contributed by atoms with Crippen molar-refractivity contribution in [2.45, 2.75) is 25.3 Å².